The molecular weight excluding hydrogens is 298 g/mol. The SMILES string of the molecule is Fc1cccc(I)c1-c1nncnn1. The Hall–Kier alpha value is -1.18. The number of rotatable bonds is 1. The summed E-state index contributed by atoms with van der Waals surface area (Å²) < 4.78 is 14.1. The molecule has 1 aromatic heterocycles. The summed E-state index contributed by atoms with van der Waals surface area (Å²) >= 11 is 2.01. The molecule has 0 amide bonds. The number of halogens is 2. The largest absolute Gasteiger partial charge is 0.207 e. The lowest BCUT2D eigenvalue weighted by Gasteiger charge is -2.01. The van der Waals surface area contributed by atoms with Crippen molar-refractivity contribution in [1.29, 1.82) is 0 Å². The lowest BCUT2D eigenvalue weighted by atomic mass is 10.2. The van der Waals surface area contributed by atoms with E-state index in [0.29, 0.717) is 5.56 Å². The molecule has 2 aromatic rings. The van der Waals surface area contributed by atoms with Crippen LogP contribution in [0, 0.1) is 9.39 Å². The Morgan fingerprint density at radius 3 is 2.50 bits per heavy atom. The Kier molecular flexibility index (Phi) is 2.62. The molecule has 2 rings (SSSR count). The van der Waals surface area contributed by atoms with Crippen LogP contribution in [0.4, 0.5) is 4.39 Å². The first kappa shape index (κ1) is 9.38. The Labute approximate surface area is 92.7 Å². The molecule has 14 heavy (non-hydrogen) atoms. The van der Waals surface area contributed by atoms with Gasteiger partial charge in [0.1, 0.15) is 5.82 Å². The minimum absolute atomic E-state index is 0.204. The van der Waals surface area contributed by atoms with Gasteiger partial charge < -0.3 is 0 Å². The number of hydrogen-bond acceptors (Lipinski definition) is 4. The van der Waals surface area contributed by atoms with Crippen molar-refractivity contribution in [2.75, 3.05) is 0 Å². The molecule has 0 atom stereocenters. The molecule has 0 saturated carbocycles. The first-order valence-electron chi connectivity index (χ1n) is 3.74. The molecule has 0 aliphatic rings. The molecule has 0 aliphatic heterocycles. The monoisotopic (exact) mass is 302 g/mol. The van der Waals surface area contributed by atoms with Crippen LogP contribution in [0.2, 0.25) is 0 Å². The molecule has 0 spiro atoms. The number of benzene rings is 1. The van der Waals surface area contributed by atoms with Gasteiger partial charge in [-0.3, -0.25) is 0 Å². The zero-order valence-corrected chi connectivity index (χ0v) is 9.01. The van der Waals surface area contributed by atoms with E-state index in [1.165, 1.54) is 12.4 Å². The lowest BCUT2D eigenvalue weighted by molar-refractivity contribution is 0.627. The molecule has 0 unspecified atom stereocenters. The molecule has 6 heteroatoms. The summed E-state index contributed by atoms with van der Waals surface area (Å²) in [5, 5.41) is 14.5. The molecule has 70 valence electrons. The minimum atomic E-state index is -0.369. The van der Waals surface area contributed by atoms with Crippen LogP contribution in [0.15, 0.2) is 24.5 Å². The Morgan fingerprint density at radius 1 is 1.14 bits per heavy atom. The Balaban J connectivity index is 2.63. The maximum Gasteiger partial charge on any atom is 0.207 e. The van der Waals surface area contributed by atoms with Gasteiger partial charge in [0.2, 0.25) is 5.82 Å². The van der Waals surface area contributed by atoms with Gasteiger partial charge in [-0.25, -0.2) is 4.39 Å². The van der Waals surface area contributed by atoms with E-state index in [2.05, 4.69) is 20.4 Å². The third kappa shape index (κ3) is 1.69. The van der Waals surface area contributed by atoms with Gasteiger partial charge in [-0.05, 0) is 34.7 Å². The second kappa shape index (κ2) is 3.91. The smallest absolute Gasteiger partial charge is 0.206 e. The van der Waals surface area contributed by atoms with Crippen molar-refractivity contribution in [3.05, 3.63) is 33.9 Å². The normalized spacial score (nSPS) is 10.1. The first-order chi connectivity index (χ1) is 6.79. The predicted molar refractivity (Wildman–Crippen MR) is 55.7 cm³/mol. The fourth-order valence-corrected chi connectivity index (χ4v) is 1.72. The van der Waals surface area contributed by atoms with E-state index < -0.39 is 0 Å². The summed E-state index contributed by atoms with van der Waals surface area (Å²) in [4.78, 5) is 0. The number of aromatic nitrogens is 4. The predicted octanol–water partition coefficient (Wildman–Crippen LogP) is 1.68. The third-order valence-corrected chi connectivity index (χ3v) is 2.49. The fourth-order valence-electron chi connectivity index (χ4n) is 1.02. The summed E-state index contributed by atoms with van der Waals surface area (Å²) in [5.74, 6) is -0.165. The highest BCUT2D eigenvalue weighted by atomic mass is 127. The van der Waals surface area contributed by atoms with Crippen LogP contribution in [-0.4, -0.2) is 20.4 Å². The fraction of sp³-hybridized carbons (Fsp3) is 0. The second-order valence-electron chi connectivity index (χ2n) is 2.47. The Morgan fingerprint density at radius 2 is 1.86 bits per heavy atom. The molecule has 0 N–H and O–H groups in total. The molecule has 0 bridgehead atoms. The van der Waals surface area contributed by atoms with Crippen molar-refractivity contribution in [2.45, 2.75) is 0 Å². The summed E-state index contributed by atoms with van der Waals surface area (Å²) in [6, 6.07) is 4.76. The number of hydrogen-bond donors (Lipinski definition) is 0. The van der Waals surface area contributed by atoms with Gasteiger partial charge in [0, 0.05) is 3.57 Å². The molecule has 1 heterocycles. The van der Waals surface area contributed by atoms with Crippen LogP contribution >= 0.6 is 22.6 Å². The van der Waals surface area contributed by atoms with Crippen LogP contribution in [0.3, 0.4) is 0 Å². The lowest BCUT2D eigenvalue weighted by Crippen LogP contribution is -1.97. The zero-order chi connectivity index (χ0) is 9.97. The van der Waals surface area contributed by atoms with Gasteiger partial charge in [-0.2, -0.15) is 0 Å². The summed E-state index contributed by atoms with van der Waals surface area (Å²) in [6.45, 7) is 0. The van der Waals surface area contributed by atoms with Crippen molar-refractivity contribution in [3.63, 3.8) is 0 Å². The van der Waals surface area contributed by atoms with Crippen LogP contribution in [0.1, 0.15) is 0 Å². The molecule has 0 aliphatic carbocycles. The van der Waals surface area contributed by atoms with Crippen molar-refractivity contribution >= 4 is 22.6 Å². The van der Waals surface area contributed by atoms with E-state index in [0.717, 1.165) is 3.57 Å². The van der Waals surface area contributed by atoms with Gasteiger partial charge in [0.15, 0.2) is 6.33 Å². The second-order valence-corrected chi connectivity index (χ2v) is 3.63. The summed E-state index contributed by atoms with van der Waals surface area (Å²) in [6.07, 6.45) is 1.21. The van der Waals surface area contributed by atoms with Crippen LogP contribution in [-0.2, 0) is 0 Å². The zero-order valence-electron chi connectivity index (χ0n) is 6.85. The highest BCUT2D eigenvalue weighted by molar-refractivity contribution is 14.1. The minimum Gasteiger partial charge on any atom is -0.206 e. The molecule has 4 nitrogen and oxygen atoms in total. The standard InChI is InChI=1S/C8H4FIN4/c9-5-2-1-3-6(10)7(5)8-13-11-4-12-14-8/h1-4H. The van der Waals surface area contributed by atoms with E-state index in [1.54, 1.807) is 12.1 Å². The maximum atomic E-state index is 13.4. The molecule has 1 aromatic carbocycles. The van der Waals surface area contributed by atoms with Crippen LogP contribution < -0.4 is 0 Å². The quantitative estimate of drug-likeness (QED) is 0.752. The molecule has 0 radical (unpaired) electrons. The summed E-state index contributed by atoms with van der Waals surface area (Å²) in [5.41, 5.74) is 0.341. The topological polar surface area (TPSA) is 51.6 Å². The summed E-state index contributed by atoms with van der Waals surface area (Å²) in [7, 11) is 0. The average molecular weight is 302 g/mol. The van der Waals surface area contributed by atoms with Gasteiger partial charge in [-0.1, -0.05) is 6.07 Å². The van der Waals surface area contributed by atoms with Gasteiger partial charge in [-0.15, -0.1) is 20.4 Å². The van der Waals surface area contributed by atoms with E-state index in [-0.39, 0.29) is 11.6 Å². The molecule has 0 fully saturated rings. The van der Waals surface area contributed by atoms with Gasteiger partial charge >= 0.3 is 0 Å². The average Bonchev–Trinajstić information content (AvgIpc) is 2.19. The molecule has 0 saturated heterocycles. The van der Waals surface area contributed by atoms with Crippen LogP contribution in [0.5, 0.6) is 0 Å². The first-order valence-corrected chi connectivity index (χ1v) is 4.81. The molecular formula is C8H4FIN4. The van der Waals surface area contributed by atoms with Crippen molar-refractivity contribution in [2.24, 2.45) is 0 Å². The van der Waals surface area contributed by atoms with Gasteiger partial charge in [0.05, 0.1) is 5.56 Å². The highest BCUT2D eigenvalue weighted by Gasteiger charge is 2.11. The highest BCUT2D eigenvalue weighted by Crippen LogP contribution is 2.23. The number of nitrogens with zero attached hydrogens (tertiary/aromatic N) is 4. The van der Waals surface area contributed by atoms with Gasteiger partial charge in [0.25, 0.3) is 0 Å². The van der Waals surface area contributed by atoms with E-state index in [4.69, 9.17) is 0 Å². The van der Waals surface area contributed by atoms with Crippen molar-refractivity contribution in [3.8, 4) is 11.4 Å². The third-order valence-electron chi connectivity index (χ3n) is 1.59. The maximum absolute atomic E-state index is 13.4. The van der Waals surface area contributed by atoms with Crippen molar-refractivity contribution < 1.29 is 4.39 Å². The van der Waals surface area contributed by atoms with Crippen molar-refractivity contribution in [1.82, 2.24) is 20.4 Å². The van der Waals surface area contributed by atoms with E-state index >= 15 is 0 Å². The van der Waals surface area contributed by atoms with Crippen LogP contribution in [0.25, 0.3) is 11.4 Å². The Bertz CT molecular complexity index is 428. The van der Waals surface area contributed by atoms with E-state index in [1.807, 2.05) is 22.6 Å². The van der Waals surface area contributed by atoms with E-state index in [9.17, 15) is 4.39 Å².